The maximum atomic E-state index is 12.8. The van der Waals surface area contributed by atoms with E-state index in [0.717, 1.165) is 57.8 Å². The van der Waals surface area contributed by atoms with Crippen molar-refractivity contribution in [3.05, 3.63) is 48.6 Å². The SMILES string of the molecule is CCCCCC/C=C\CCCCCCCC(O)CC(=O)NC(COP(=O)(O)OCCN)C(O)/C=C/CC/C=C/CC/C=C/CCCCCCCCCCC. The van der Waals surface area contributed by atoms with Crippen molar-refractivity contribution in [2.45, 2.75) is 205 Å². The van der Waals surface area contributed by atoms with Crippen LogP contribution in [0.2, 0.25) is 0 Å². The quantitative estimate of drug-likeness (QED) is 0.0234. The summed E-state index contributed by atoms with van der Waals surface area (Å²) in [4.78, 5) is 22.7. The molecule has 0 fully saturated rings. The van der Waals surface area contributed by atoms with E-state index < -0.39 is 38.6 Å². The molecule has 0 saturated carbocycles. The Bertz CT molecular complexity index is 1000. The molecular formula is C44H83N2O7P. The summed E-state index contributed by atoms with van der Waals surface area (Å²) in [5.41, 5.74) is 5.36. The smallest absolute Gasteiger partial charge is 0.393 e. The maximum absolute atomic E-state index is 12.8. The van der Waals surface area contributed by atoms with Crippen LogP contribution in [0.5, 0.6) is 0 Å². The average molecular weight is 783 g/mol. The molecule has 0 saturated heterocycles. The summed E-state index contributed by atoms with van der Waals surface area (Å²) in [5, 5.41) is 24.0. The molecule has 6 N–H and O–H groups in total. The Hall–Kier alpha value is -1.58. The fourth-order valence-electron chi connectivity index (χ4n) is 6.08. The van der Waals surface area contributed by atoms with E-state index in [0.29, 0.717) is 12.8 Å². The van der Waals surface area contributed by atoms with Crippen molar-refractivity contribution in [1.29, 1.82) is 0 Å². The highest BCUT2D eigenvalue weighted by Gasteiger charge is 2.27. The Morgan fingerprint density at radius 3 is 1.56 bits per heavy atom. The molecule has 1 amide bonds. The summed E-state index contributed by atoms with van der Waals surface area (Å²) >= 11 is 0. The van der Waals surface area contributed by atoms with E-state index >= 15 is 0 Å². The first-order valence-electron chi connectivity index (χ1n) is 21.8. The van der Waals surface area contributed by atoms with Gasteiger partial charge in [-0.05, 0) is 70.6 Å². The maximum Gasteiger partial charge on any atom is 0.472 e. The Balaban J connectivity index is 4.43. The van der Waals surface area contributed by atoms with Gasteiger partial charge in [-0.25, -0.2) is 4.57 Å². The van der Waals surface area contributed by atoms with Gasteiger partial charge < -0.3 is 26.2 Å². The minimum absolute atomic E-state index is 0.0402. The molecule has 0 heterocycles. The normalized spacial score (nSPS) is 15.1. The number of amides is 1. The average Bonchev–Trinajstić information content (AvgIpc) is 3.15. The Kier molecular flexibility index (Phi) is 38.5. The molecule has 4 unspecified atom stereocenters. The summed E-state index contributed by atoms with van der Waals surface area (Å²) in [6.07, 6.45) is 44.8. The zero-order valence-corrected chi connectivity index (χ0v) is 35.5. The van der Waals surface area contributed by atoms with Gasteiger partial charge in [0.2, 0.25) is 5.91 Å². The van der Waals surface area contributed by atoms with Gasteiger partial charge in [0.15, 0.2) is 0 Å². The molecule has 10 heteroatoms. The third kappa shape index (κ3) is 37.3. The fourth-order valence-corrected chi connectivity index (χ4v) is 6.84. The first-order chi connectivity index (χ1) is 26.3. The number of carbonyl (C=O) groups excluding carboxylic acids is 1. The molecule has 0 aromatic heterocycles. The summed E-state index contributed by atoms with van der Waals surface area (Å²) in [6, 6.07) is -1.01. The number of phosphoric ester groups is 1. The van der Waals surface area contributed by atoms with Gasteiger partial charge in [-0.3, -0.25) is 13.8 Å². The van der Waals surface area contributed by atoms with Crippen molar-refractivity contribution in [2.24, 2.45) is 5.73 Å². The van der Waals surface area contributed by atoms with E-state index in [9.17, 15) is 24.5 Å². The molecule has 0 aliphatic carbocycles. The Morgan fingerprint density at radius 2 is 1.06 bits per heavy atom. The fraction of sp³-hybridized carbons (Fsp3) is 0.795. The molecule has 54 heavy (non-hydrogen) atoms. The predicted molar refractivity (Wildman–Crippen MR) is 227 cm³/mol. The number of allylic oxidation sites excluding steroid dienone is 7. The van der Waals surface area contributed by atoms with Gasteiger partial charge in [0.25, 0.3) is 0 Å². The molecule has 0 aliphatic heterocycles. The van der Waals surface area contributed by atoms with E-state index in [1.807, 2.05) is 6.08 Å². The van der Waals surface area contributed by atoms with Crippen molar-refractivity contribution in [2.75, 3.05) is 19.8 Å². The van der Waals surface area contributed by atoms with Crippen LogP contribution in [0.15, 0.2) is 48.6 Å². The first-order valence-corrected chi connectivity index (χ1v) is 23.3. The molecule has 0 aromatic carbocycles. The van der Waals surface area contributed by atoms with Crippen LogP contribution in [0.3, 0.4) is 0 Å². The minimum Gasteiger partial charge on any atom is -0.393 e. The lowest BCUT2D eigenvalue weighted by Crippen LogP contribution is -2.46. The number of carbonyl (C=O) groups is 1. The molecule has 0 bridgehead atoms. The monoisotopic (exact) mass is 783 g/mol. The van der Waals surface area contributed by atoms with Crippen LogP contribution in [0.1, 0.15) is 187 Å². The molecule has 0 spiro atoms. The third-order valence-corrected chi connectivity index (χ3v) is 10.4. The van der Waals surface area contributed by atoms with Crippen LogP contribution >= 0.6 is 7.82 Å². The highest BCUT2D eigenvalue weighted by atomic mass is 31.2. The molecule has 0 radical (unpaired) electrons. The first kappa shape index (κ1) is 52.4. The van der Waals surface area contributed by atoms with Crippen LogP contribution < -0.4 is 11.1 Å². The number of hydrogen-bond donors (Lipinski definition) is 5. The van der Waals surface area contributed by atoms with Crippen molar-refractivity contribution in [3.63, 3.8) is 0 Å². The number of hydrogen-bond acceptors (Lipinski definition) is 7. The Labute approximate surface area is 331 Å². The van der Waals surface area contributed by atoms with E-state index in [-0.39, 0.29) is 19.6 Å². The lowest BCUT2D eigenvalue weighted by Gasteiger charge is -2.24. The molecule has 0 rings (SSSR count). The van der Waals surface area contributed by atoms with Gasteiger partial charge in [0.1, 0.15) is 0 Å². The number of aliphatic hydroxyl groups excluding tert-OH is 2. The second-order valence-electron chi connectivity index (χ2n) is 14.7. The summed E-state index contributed by atoms with van der Waals surface area (Å²) in [5.74, 6) is -0.467. The van der Waals surface area contributed by atoms with Crippen molar-refractivity contribution in [3.8, 4) is 0 Å². The number of nitrogens with one attached hydrogen (secondary N) is 1. The third-order valence-electron chi connectivity index (χ3n) is 9.41. The van der Waals surface area contributed by atoms with Crippen LogP contribution in [0.25, 0.3) is 0 Å². The van der Waals surface area contributed by atoms with Gasteiger partial charge in [0.05, 0.1) is 37.9 Å². The number of nitrogens with two attached hydrogens (primary N) is 1. The van der Waals surface area contributed by atoms with Crippen molar-refractivity contribution < 1.29 is 33.5 Å². The van der Waals surface area contributed by atoms with Crippen LogP contribution in [-0.4, -0.2) is 59.0 Å². The minimum atomic E-state index is -4.41. The zero-order chi connectivity index (χ0) is 39.8. The van der Waals surface area contributed by atoms with Gasteiger partial charge >= 0.3 is 7.82 Å². The Morgan fingerprint density at radius 1 is 0.630 bits per heavy atom. The van der Waals surface area contributed by atoms with Crippen molar-refractivity contribution in [1.82, 2.24) is 5.32 Å². The number of rotatable bonds is 40. The highest BCUT2D eigenvalue weighted by molar-refractivity contribution is 7.47. The predicted octanol–water partition coefficient (Wildman–Crippen LogP) is 11.1. The van der Waals surface area contributed by atoms with Crippen LogP contribution in [0.4, 0.5) is 0 Å². The second kappa shape index (κ2) is 39.6. The lowest BCUT2D eigenvalue weighted by molar-refractivity contribution is -0.124. The topological polar surface area (TPSA) is 151 Å². The van der Waals surface area contributed by atoms with Crippen LogP contribution in [-0.2, 0) is 18.4 Å². The molecule has 9 nitrogen and oxygen atoms in total. The van der Waals surface area contributed by atoms with Gasteiger partial charge in [-0.15, -0.1) is 0 Å². The van der Waals surface area contributed by atoms with Crippen molar-refractivity contribution >= 4 is 13.7 Å². The lowest BCUT2D eigenvalue weighted by atomic mass is 10.0. The molecule has 0 aliphatic rings. The molecular weight excluding hydrogens is 699 g/mol. The molecule has 0 aromatic rings. The van der Waals surface area contributed by atoms with Gasteiger partial charge in [-0.1, -0.05) is 159 Å². The van der Waals surface area contributed by atoms with E-state index in [4.69, 9.17) is 14.8 Å². The number of phosphoric acid groups is 1. The van der Waals surface area contributed by atoms with E-state index in [1.54, 1.807) is 6.08 Å². The summed E-state index contributed by atoms with van der Waals surface area (Å²) in [6.45, 7) is 3.91. The van der Waals surface area contributed by atoms with Crippen LogP contribution in [0, 0.1) is 0 Å². The van der Waals surface area contributed by atoms with Gasteiger partial charge in [-0.2, -0.15) is 0 Å². The summed E-state index contributed by atoms with van der Waals surface area (Å²) in [7, 11) is -4.41. The largest absolute Gasteiger partial charge is 0.472 e. The molecule has 4 atom stereocenters. The van der Waals surface area contributed by atoms with Gasteiger partial charge in [0, 0.05) is 6.54 Å². The molecule has 316 valence electrons. The number of unbranched alkanes of at least 4 members (excludes halogenated alkanes) is 20. The standard InChI is InChI=1S/C44H83N2O7P/c1-3-5-7-9-11-13-15-17-18-19-20-21-22-24-26-28-30-32-34-36-43(48)42(40-53-54(50,51)52-38-37-45)46-44(49)39-41(47)35-33-31-29-27-25-23-16-14-12-10-8-6-4-2/h14,16,20-21,26,28,34,36,41-43,47-48H,3-13,15,17-19,22-25,27,29-33,35,37-40,45H2,1-2H3,(H,46,49)(H,50,51)/b16-14-,21-20+,28-26+,36-34+. The van der Waals surface area contributed by atoms with E-state index in [1.165, 1.54) is 96.3 Å². The van der Waals surface area contributed by atoms with E-state index in [2.05, 4.69) is 55.6 Å². The number of aliphatic hydroxyl groups is 2. The highest BCUT2D eigenvalue weighted by Crippen LogP contribution is 2.43. The zero-order valence-electron chi connectivity index (χ0n) is 34.6. The second-order valence-corrected chi connectivity index (χ2v) is 16.2. The summed E-state index contributed by atoms with van der Waals surface area (Å²) < 4.78 is 22.0.